The highest BCUT2D eigenvalue weighted by molar-refractivity contribution is 7.88. The largest absolute Gasteiger partial charge is 0.491 e. The molecule has 0 radical (unpaired) electrons. The highest BCUT2D eigenvalue weighted by Crippen LogP contribution is 2.25. The number of amides is 1. The van der Waals surface area contributed by atoms with Crippen molar-refractivity contribution in [2.24, 2.45) is 5.92 Å². The van der Waals surface area contributed by atoms with Gasteiger partial charge in [0.05, 0.1) is 12.8 Å². The van der Waals surface area contributed by atoms with Crippen LogP contribution in [0.15, 0.2) is 42.5 Å². The number of benzene rings is 2. The number of rotatable bonds is 6. The van der Waals surface area contributed by atoms with Crippen molar-refractivity contribution in [3.8, 4) is 5.75 Å². The van der Waals surface area contributed by atoms with Crippen LogP contribution in [-0.4, -0.2) is 51.1 Å². The molecule has 140 valence electrons. The summed E-state index contributed by atoms with van der Waals surface area (Å²) in [4.78, 5) is 12.2. The molecule has 1 aliphatic heterocycles. The van der Waals surface area contributed by atoms with Crippen LogP contribution in [0.1, 0.15) is 12.8 Å². The average molecular weight is 376 g/mol. The van der Waals surface area contributed by atoms with Gasteiger partial charge in [-0.2, -0.15) is 0 Å². The Morgan fingerprint density at radius 3 is 2.58 bits per heavy atom. The molecule has 1 N–H and O–H groups in total. The van der Waals surface area contributed by atoms with Gasteiger partial charge in [0.25, 0.3) is 0 Å². The quantitative estimate of drug-likeness (QED) is 0.783. The van der Waals surface area contributed by atoms with Gasteiger partial charge >= 0.3 is 0 Å². The maximum absolute atomic E-state index is 12.2. The van der Waals surface area contributed by atoms with Crippen molar-refractivity contribution in [2.75, 3.05) is 32.5 Å². The Kier molecular flexibility index (Phi) is 5.78. The second-order valence-corrected chi connectivity index (χ2v) is 8.54. The number of ether oxygens (including phenoxy) is 1. The molecule has 1 saturated heterocycles. The molecule has 0 bridgehead atoms. The predicted molar refractivity (Wildman–Crippen MR) is 102 cm³/mol. The molecule has 0 aliphatic carbocycles. The minimum absolute atomic E-state index is 0.0281. The molecule has 6 nitrogen and oxygen atoms in total. The fraction of sp³-hybridized carbons (Fsp3) is 0.421. The zero-order chi connectivity index (χ0) is 18.6. The molecule has 0 aromatic heterocycles. The van der Waals surface area contributed by atoms with Gasteiger partial charge in [0.15, 0.2) is 0 Å². The van der Waals surface area contributed by atoms with E-state index < -0.39 is 10.0 Å². The number of carbonyl (C=O) groups excluding carboxylic acids is 1. The molecular weight excluding hydrogens is 352 g/mol. The highest BCUT2D eigenvalue weighted by atomic mass is 32.2. The van der Waals surface area contributed by atoms with Gasteiger partial charge in [0.1, 0.15) is 12.4 Å². The molecule has 2 aromatic carbocycles. The summed E-state index contributed by atoms with van der Waals surface area (Å²) in [6.45, 7) is 1.63. The van der Waals surface area contributed by atoms with E-state index in [-0.39, 0.29) is 11.8 Å². The van der Waals surface area contributed by atoms with Crippen LogP contribution in [0, 0.1) is 5.92 Å². The van der Waals surface area contributed by atoms with E-state index in [4.69, 9.17) is 4.74 Å². The van der Waals surface area contributed by atoms with E-state index in [0.29, 0.717) is 39.1 Å². The molecule has 1 fully saturated rings. The zero-order valence-corrected chi connectivity index (χ0v) is 15.7. The molecular formula is C19H24N2O4S. The van der Waals surface area contributed by atoms with Crippen LogP contribution in [0.3, 0.4) is 0 Å². The monoisotopic (exact) mass is 376 g/mol. The molecule has 1 aliphatic rings. The summed E-state index contributed by atoms with van der Waals surface area (Å²) in [5.74, 6) is 0.643. The summed E-state index contributed by atoms with van der Waals surface area (Å²) in [5, 5.41) is 5.06. The van der Waals surface area contributed by atoms with E-state index >= 15 is 0 Å². The van der Waals surface area contributed by atoms with E-state index in [1.807, 2.05) is 42.5 Å². The number of carbonyl (C=O) groups is 1. The molecule has 7 heteroatoms. The van der Waals surface area contributed by atoms with Crippen LogP contribution < -0.4 is 10.1 Å². The average Bonchev–Trinajstić information content (AvgIpc) is 2.64. The van der Waals surface area contributed by atoms with Gasteiger partial charge in [0.2, 0.25) is 15.9 Å². The van der Waals surface area contributed by atoms with E-state index in [0.717, 1.165) is 16.5 Å². The molecule has 26 heavy (non-hydrogen) atoms. The number of nitrogens with zero attached hydrogens (tertiary/aromatic N) is 1. The summed E-state index contributed by atoms with van der Waals surface area (Å²) in [6, 6.07) is 13.9. The second kappa shape index (κ2) is 8.05. The van der Waals surface area contributed by atoms with Crippen molar-refractivity contribution in [2.45, 2.75) is 12.8 Å². The standard InChI is InChI=1S/C19H24N2O4S/c1-26(23,24)21-12-9-16(10-13-21)19(22)20-11-14-25-18-8-4-6-15-5-2-3-7-17(15)18/h2-8,16H,9-14H2,1H3,(H,20,22). The third kappa shape index (κ3) is 4.53. The van der Waals surface area contributed by atoms with Crippen molar-refractivity contribution in [1.29, 1.82) is 0 Å². The van der Waals surface area contributed by atoms with Gasteiger partial charge in [-0.25, -0.2) is 12.7 Å². The van der Waals surface area contributed by atoms with Crippen molar-refractivity contribution in [1.82, 2.24) is 9.62 Å². The van der Waals surface area contributed by atoms with E-state index in [1.165, 1.54) is 10.6 Å². The maximum Gasteiger partial charge on any atom is 0.223 e. The van der Waals surface area contributed by atoms with Crippen LogP contribution in [0.5, 0.6) is 5.75 Å². The topological polar surface area (TPSA) is 75.7 Å². The molecule has 3 rings (SSSR count). The van der Waals surface area contributed by atoms with Crippen molar-refractivity contribution < 1.29 is 17.9 Å². The molecule has 0 saturated carbocycles. The van der Waals surface area contributed by atoms with Gasteiger partial charge in [-0.15, -0.1) is 0 Å². The molecule has 1 amide bonds. The Hall–Kier alpha value is -2.12. The lowest BCUT2D eigenvalue weighted by atomic mass is 9.97. The molecule has 0 spiro atoms. The number of hydrogen-bond donors (Lipinski definition) is 1. The molecule has 0 unspecified atom stereocenters. The van der Waals surface area contributed by atoms with Crippen LogP contribution in [-0.2, 0) is 14.8 Å². The normalized spacial score (nSPS) is 16.5. The summed E-state index contributed by atoms with van der Waals surface area (Å²) in [6.07, 6.45) is 2.32. The molecule has 2 aromatic rings. The van der Waals surface area contributed by atoms with Gasteiger partial charge in [-0.1, -0.05) is 36.4 Å². The minimum Gasteiger partial charge on any atom is -0.491 e. The first kappa shape index (κ1) is 18.7. The van der Waals surface area contributed by atoms with Gasteiger partial charge in [-0.3, -0.25) is 4.79 Å². The van der Waals surface area contributed by atoms with E-state index in [1.54, 1.807) is 0 Å². The Morgan fingerprint density at radius 1 is 1.15 bits per heavy atom. The number of sulfonamides is 1. The lowest BCUT2D eigenvalue weighted by molar-refractivity contribution is -0.126. The lowest BCUT2D eigenvalue weighted by Gasteiger charge is -2.29. The van der Waals surface area contributed by atoms with Crippen LogP contribution in [0.4, 0.5) is 0 Å². The van der Waals surface area contributed by atoms with Crippen molar-refractivity contribution in [3.63, 3.8) is 0 Å². The van der Waals surface area contributed by atoms with E-state index in [9.17, 15) is 13.2 Å². The second-order valence-electron chi connectivity index (χ2n) is 6.55. The Morgan fingerprint density at radius 2 is 1.85 bits per heavy atom. The van der Waals surface area contributed by atoms with Crippen LogP contribution in [0.25, 0.3) is 10.8 Å². The summed E-state index contributed by atoms with van der Waals surface area (Å²) >= 11 is 0. The van der Waals surface area contributed by atoms with Gasteiger partial charge < -0.3 is 10.1 Å². The third-order valence-electron chi connectivity index (χ3n) is 4.70. The predicted octanol–water partition coefficient (Wildman–Crippen LogP) is 2.01. The van der Waals surface area contributed by atoms with Gasteiger partial charge in [0, 0.05) is 24.4 Å². The Balaban J connectivity index is 1.44. The smallest absolute Gasteiger partial charge is 0.223 e. The SMILES string of the molecule is CS(=O)(=O)N1CCC(C(=O)NCCOc2cccc3ccccc23)CC1. The number of piperidine rings is 1. The first-order chi connectivity index (χ1) is 12.4. The summed E-state index contributed by atoms with van der Waals surface area (Å²) < 4.78 is 30.3. The van der Waals surface area contributed by atoms with Crippen molar-refractivity contribution in [3.05, 3.63) is 42.5 Å². The van der Waals surface area contributed by atoms with Crippen LogP contribution >= 0.6 is 0 Å². The molecule has 1 heterocycles. The zero-order valence-electron chi connectivity index (χ0n) is 14.8. The number of nitrogens with one attached hydrogen (secondary N) is 1. The van der Waals surface area contributed by atoms with Crippen molar-refractivity contribution >= 4 is 26.7 Å². The number of hydrogen-bond acceptors (Lipinski definition) is 4. The fourth-order valence-electron chi connectivity index (χ4n) is 3.25. The lowest BCUT2D eigenvalue weighted by Crippen LogP contribution is -2.43. The van der Waals surface area contributed by atoms with E-state index in [2.05, 4.69) is 5.32 Å². The van der Waals surface area contributed by atoms with Crippen LogP contribution in [0.2, 0.25) is 0 Å². The Bertz CT molecular complexity index is 869. The summed E-state index contributed by atoms with van der Waals surface area (Å²) in [7, 11) is -3.16. The minimum atomic E-state index is -3.16. The fourth-order valence-corrected chi connectivity index (χ4v) is 4.12. The highest BCUT2D eigenvalue weighted by Gasteiger charge is 2.28. The first-order valence-corrected chi connectivity index (χ1v) is 10.6. The first-order valence-electron chi connectivity index (χ1n) is 8.78. The molecule has 0 atom stereocenters. The summed E-state index contributed by atoms with van der Waals surface area (Å²) in [5.41, 5.74) is 0. The Labute approximate surface area is 154 Å². The number of fused-ring (bicyclic) bond motifs is 1. The van der Waals surface area contributed by atoms with Gasteiger partial charge in [-0.05, 0) is 24.3 Å². The maximum atomic E-state index is 12.2. The third-order valence-corrected chi connectivity index (χ3v) is 6.01.